The molecule has 2 rings (SSSR count). The van der Waals surface area contributed by atoms with Crippen LogP contribution in [0.15, 0.2) is 30.6 Å². The summed E-state index contributed by atoms with van der Waals surface area (Å²) in [4.78, 5) is 0. The minimum Gasteiger partial charge on any atom is -0.240 e. The summed E-state index contributed by atoms with van der Waals surface area (Å²) in [6.45, 7) is 4.18. The van der Waals surface area contributed by atoms with Gasteiger partial charge in [-0.1, -0.05) is 17.7 Å². The Labute approximate surface area is 77.8 Å². The molecule has 0 aliphatic carbocycles. The average Bonchev–Trinajstić information content (AvgIpc) is 2.56. The van der Waals surface area contributed by atoms with Crippen LogP contribution >= 0.6 is 0 Å². The van der Waals surface area contributed by atoms with E-state index in [0.29, 0.717) is 0 Å². The van der Waals surface area contributed by atoms with Crippen molar-refractivity contribution in [1.82, 2.24) is 9.78 Å². The van der Waals surface area contributed by atoms with Crippen molar-refractivity contribution in [2.45, 2.75) is 13.8 Å². The third kappa shape index (κ3) is 1.47. The van der Waals surface area contributed by atoms with Crippen molar-refractivity contribution in [3.8, 4) is 5.69 Å². The van der Waals surface area contributed by atoms with Crippen LogP contribution in [0.3, 0.4) is 0 Å². The van der Waals surface area contributed by atoms with Crippen LogP contribution in [0, 0.1) is 19.9 Å². The molecule has 0 spiro atoms. The third-order valence-electron chi connectivity index (χ3n) is 2.05. The van der Waals surface area contributed by atoms with Gasteiger partial charge in [0, 0.05) is 12.3 Å². The molecule has 1 radical (unpaired) electrons. The Kier molecular flexibility index (Phi) is 1.89. The van der Waals surface area contributed by atoms with Gasteiger partial charge >= 0.3 is 0 Å². The van der Waals surface area contributed by atoms with Gasteiger partial charge < -0.3 is 0 Å². The van der Waals surface area contributed by atoms with E-state index in [1.807, 2.05) is 10.9 Å². The van der Waals surface area contributed by atoms with Crippen LogP contribution in [0.5, 0.6) is 0 Å². The van der Waals surface area contributed by atoms with E-state index >= 15 is 0 Å². The monoisotopic (exact) mass is 171 g/mol. The van der Waals surface area contributed by atoms with E-state index in [0.717, 1.165) is 5.69 Å². The van der Waals surface area contributed by atoms with Crippen LogP contribution in [-0.2, 0) is 0 Å². The molecule has 0 aliphatic heterocycles. The van der Waals surface area contributed by atoms with E-state index in [2.05, 4.69) is 43.2 Å². The second kappa shape index (κ2) is 3.05. The van der Waals surface area contributed by atoms with Gasteiger partial charge in [0.05, 0.1) is 11.9 Å². The summed E-state index contributed by atoms with van der Waals surface area (Å²) in [5.74, 6) is 0. The van der Waals surface area contributed by atoms with Gasteiger partial charge in [0.15, 0.2) is 0 Å². The molecule has 0 unspecified atom stereocenters. The van der Waals surface area contributed by atoms with Crippen molar-refractivity contribution in [2.75, 3.05) is 0 Å². The normalized spacial score (nSPS) is 10.3. The van der Waals surface area contributed by atoms with Gasteiger partial charge in [-0.25, -0.2) is 4.68 Å². The highest BCUT2D eigenvalue weighted by atomic mass is 15.3. The second-order valence-corrected chi connectivity index (χ2v) is 3.17. The summed E-state index contributed by atoms with van der Waals surface area (Å²) >= 11 is 0. The molecular weight excluding hydrogens is 160 g/mol. The van der Waals surface area contributed by atoms with Crippen LogP contribution < -0.4 is 0 Å². The minimum absolute atomic E-state index is 1.12. The summed E-state index contributed by atoms with van der Waals surface area (Å²) in [6, 6.07) is 9.23. The zero-order chi connectivity index (χ0) is 9.26. The van der Waals surface area contributed by atoms with Gasteiger partial charge in [-0.3, -0.25) is 0 Å². The van der Waals surface area contributed by atoms with Crippen molar-refractivity contribution in [3.63, 3.8) is 0 Å². The summed E-state index contributed by atoms with van der Waals surface area (Å²) in [5, 5.41) is 4.14. The minimum atomic E-state index is 1.12. The molecule has 0 saturated heterocycles. The molecule has 2 heteroatoms. The lowest BCUT2D eigenvalue weighted by atomic mass is 10.1. The van der Waals surface area contributed by atoms with E-state index in [9.17, 15) is 0 Å². The SMILES string of the molecule is Cc1ccc(-n2c[c]cn2)c(C)c1. The molecule has 65 valence electrons. The third-order valence-corrected chi connectivity index (χ3v) is 2.05. The van der Waals surface area contributed by atoms with Crippen LogP contribution in [0.2, 0.25) is 0 Å². The highest BCUT2D eigenvalue weighted by Gasteiger charge is 1.99. The Morgan fingerprint density at radius 2 is 2.15 bits per heavy atom. The predicted octanol–water partition coefficient (Wildman–Crippen LogP) is 2.29. The fourth-order valence-electron chi connectivity index (χ4n) is 1.43. The lowest BCUT2D eigenvalue weighted by Gasteiger charge is -2.05. The zero-order valence-corrected chi connectivity index (χ0v) is 7.78. The van der Waals surface area contributed by atoms with Crippen molar-refractivity contribution < 1.29 is 0 Å². The lowest BCUT2D eigenvalue weighted by molar-refractivity contribution is 0.872. The molecule has 2 aromatic rings. The number of benzene rings is 1. The van der Waals surface area contributed by atoms with Crippen LogP contribution in [0.1, 0.15) is 11.1 Å². The number of hydrogen-bond donors (Lipinski definition) is 0. The Hall–Kier alpha value is -1.57. The Morgan fingerprint density at radius 3 is 2.77 bits per heavy atom. The topological polar surface area (TPSA) is 17.8 Å². The maximum absolute atomic E-state index is 4.14. The molecule has 0 atom stereocenters. The molecule has 1 aromatic carbocycles. The first kappa shape index (κ1) is 8.05. The number of nitrogens with zero attached hydrogens (tertiary/aromatic N) is 2. The number of hydrogen-bond acceptors (Lipinski definition) is 1. The van der Waals surface area contributed by atoms with E-state index in [4.69, 9.17) is 0 Å². The largest absolute Gasteiger partial charge is 0.240 e. The zero-order valence-electron chi connectivity index (χ0n) is 7.78. The quantitative estimate of drug-likeness (QED) is 0.643. The Morgan fingerprint density at radius 1 is 1.31 bits per heavy atom. The van der Waals surface area contributed by atoms with Gasteiger partial charge in [-0.05, 0) is 25.5 Å². The fraction of sp³-hybridized carbons (Fsp3) is 0.182. The molecule has 1 aromatic heterocycles. The molecule has 13 heavy (non-hydrogen) atoms. The molecule has 0 fully saturated rings. The van der Waals surface area contributed by atoms with Crippen LogP contribution in [0.4, 0.5) is 0 Å². The standard InChI is InChI=1S/C11H11N2/c1-9-4-5-11(10(2)8-9)13-7-3-6-12-13/h4-8H,1-2H3. The first-order chi connectivity index (χ1) is 6.27. The summed E-state index contributed by atoms with van der Waals surface area (Å²) in [7, 11) is 0. The number of aryl methyl sites for hydroxylation is 2. The maximum atomic E-state index is 4.14. The Bertz CT molecular complexity index is 402. The van der Waals surface area contributed by atoms with Crippen molar-refractivity contribution in [1.29, 1.82) is 0 Å². The van der Waals surface area contributed by atoms with Gasteiger partial charge in [0.2, 0.25) is 0 Å². The highest BCUT2D eigenvalue weighted by molar-refractivity contribution is 5.41. The van der Waals surface area contributed by atoms with Crippen molar-refractivity contribution in [3.05, 3.63) is 47.8 Å². The van der Waals surface area contributed by atoms with Crippen LogP contribution in [0.25, 0.3) is 5.69 Å². The van der Waals surface area contributed by atoms with Gasteiger partial charge in [0.1, 0.15) is 0 Å². The van der Waals surface area contributed by atoms with E-state index in [1.54, 1.807) is 6.20 Å². The molecule has 1 heterocycles. The molecule has 0 amide bonds. The van der Waals surface area contributed by atoms with E-state index < -0.39 is 0 Å². The molecule has 0 bridgehead atoms. The molecular formula is C11H11N2. The fourth-order valence-corrected chi connectivity index (χ4v) is 1.43. The number of rotatable bonds is 1. The maximum Gasteiger partial charge on any atom is 0.0675 e. The predicted molar refractivity (Wildman–Crippen MR) is 51.9 cm³/mol. The van der Waals surface area contributed by atoms with E-state index in [1.165, 1.54) is 11.1 Å². The Balaban J connectivity index is 2.53. The summed E-state index contributed by atoms with van der Waals surface area (Å²) in [5.41, 5.74) is 3.63. The van der Waals surface area contributed by atoms with Gasteiger partial charge in [-0.2, -0.15) is 5.10 Å². The molecule has 0 saturated carbocycles. The van der Waals surface area contributed by atoms with Gasteiger partial charge in [0.25, 0.3) is 0 Å². The summed E-state index contributed by atoms with van der Waals surface area (Å²) < 4.78 is 1.83. The summed E-state index contributed by atoms with van der Waals surface area (Å²) in [6.07, 6.45) is 3.50. The number of aromatic nitrogens is 2. The first-order valence-corrected chi connectivity index (χ1v) is 4.26. The second-order valence-electron chi connectivity index (χ2n) is 3.17. The van der Waals surface area contributed by atoms with Crippen LogP contribution in [-0.4, -0.2) is 9.78 Å². The van der Waals surface area contributed by atoms with Crippen molar-refractivity contribution in [2.24, 2.45) is 0 Å². The smallest absolute Gasteiger partial charge is 0.0675 e. The first-order valence-electron chi connectivity index (χ1n) is 4.26. The van der Waals surface area contributed by atoms with Gasteiger partial charge in [-0.15, -0.1) is 0 Å². The van der Waals surface area contributed by atoms with Crippen molar-refractivity contribution >= 4 is 0 Å². The molecule has 0 aliphatic rings. The van der Waals surface area contributed by atoms with E-state index in [-0.39, 0.29) is 0 Å². The molecule has 0 N–H and O–H groups in total. The average molecular weight is 171 g/mol. The lowest BCUT2D eigenvalue weighted by Crippen LogP contribution is -1.97. The highest BCUT2D eigenvalue weighted by Crippen LogP contribution is 2.13. The molecule has 2 nitrogen and oxygen atoms in total.